The van der Waals surface area contributed by atoms with Gasteiger partial charge in [-0.1, -0.05) is 23.5 Å². The smallest absolute Gasteiger partial charge is 0.223 e. The van der Waals surface area contributed by atoms with Crippen molar-refractivity contribution < 1.29 is 14.6 Å². The molecular formula is C20H19N3O3S. The predicted molar refractivity (Wildman–Crippen MR) is 106 cm³/mol. The summed E-state index contributed by atoms with van der Waals surface area (Å²) in [6, 6.07) is 15.8. The third-order valence-corrected chi connectivity index (χ3v) is 5.33. The van der Waals surface area contributed by atoms with Gasteiger partial charge in [-0.25, -0.2) is 5.01 Å². The molecule has 7 heteroatoms. The first-order chi connectivity index (χ1) is 13.2. The van der Waals surface area contributed by atoms with E-state index in [0.717, 1.165) is 34.8 Å². The van der Waals surface area contributed by atoms with Crippen molar-refractivity contribution in [3.8, 4) is 17.4 Å². The quantitative estimate of drug-likeness (QED) is 0.717. The van der Waals surface area contributed by atoms with E-state index < -0.39 is 0 Å². The molecule has 3 aromatic rings. The number of aromatic hydroxyl groups is 1. The van der Waals surface area contributed by atoms with E-state index in [2.05, 4.69) is 4.98 Å². The zero-order valence-corrected chi connectivity index (χ0v) is 15.8. The van der Waals surface area contributed by atoms with Crippen molar-refractivity contribution >= 4 is 22.2 Å². The van der Waals surface area contributed by atoms with Gasteiger partial charge in [0.25, 0.3) is 0 Å². The summed E-state index contributed by atoms with van der Waals surface area (Å²) >= 11 is 1.37. The van der Waals surface area contributed by atoms with Crippen LogP contribution in [0.25, 0.3) is 0 Å². The van der Waals surface area contributed by atoms with Gasteiger partial charge in [0.15, 0.2) is 0 Å². The number of ether oxygens (including phenoxy) is 2. The molecule has 1 unspecified atom stereocenters. The Morgan fingerprint density at radius 2 is 1.63 bits per heavy atom. The van der Waals surface area contributed by atoms with Crippen molar-refractivity contribution in [3.63, 3.8) is 0 Å². The van der Waals surface area contributed by atoms with Gasteiger partial charge in [0.1, 0.15) is 11.5 Å². The normalized spacial score (nSPS) is 16.3. The average molecular weight is 381 g/mol. The van der Waals surface area contributed by atoms with E-state index >= 15 is 0 Å². The molecule has 1 N–H and O–H groups in total. The molecular weight excluding hydrogens is 362 g/mol. The van der Waals surface area contributed by atoms with Crippen LogP contribution in [0.2, 0.25) is 0 Å². The molecule has 1 aliphatic heterocycles. The van der Waals surface area contributed by atoms with Gasteiger partial charge in [0.2, 0.25) is 11.0 Å². The summed E-state index contributed by atoms with van der Waals surface area (Å²) in [6.07, 6.45) is 0.735. The first-order valence-corrected chi connectivity index (χ1v) is 9.35. The molecule has 1 aliphatic rings. The molecule has 0 saturated heterocycles. The van der Waals surface area contributed by atoms with Crippen molar-refractivity contribution in [2.75, 3.05) is 19.2 Å². The van der Waals surface area contributed by atoms with Gasteiger partial charge in [0, 0.05) is 6.42 Å². The van der Waals surface area contributed by atoms with E-state index in [1.165, 1.54) is 11.3 Å². The number of methoxy groups -OCH3 is 2. The molecule has 0 aliphatic carbocycles. The topological polar surface area (TPSA) is 67.2 Å². The molecule has 0 fully saturated rings. The highest BCUT2D eigenvalue weighted by molar-refractivity contribution is 7.13. The van der Waals surface area contributed by atoms with Crippen LogP contribution in [0.1, 0.15) is 23.6 Å². The SMILES string of the molecule is COc1ccc(C2=NN(c3nc(O)cs3)C(c3ccc(OC)cc3)C2)cc1. The summed E-state index contributed by atoms with van der Waals surface area (Å²) in [4.78, 5) is 4.21. The van der Waals surface area contributed by atoms with Crippen molar-refractivity contribution in [1.29, 1.82) is 0 Å². The Kier molecular flexibility index (Phi) is 4.68. The van der Waals surface area contributed by atoms with Gasteiger partial charge in [-0.3, -0.25) is 0 Å². The zero-order chi connectivity index (χ0) is 18.8. The second kappa shape index (κ2) is 7.28. The lowest BCUT2D eigenvalue weighted by molar-refractivity contribution is 0.414. The fourth-order valence-electron chi connectivity index (χ4n) is 3.09. The Hall–Kier alpha value is -3.06. The molecule has 2 heterocycles. The Morgan fingerprint density at radius 1 is 1.00 bits per heavy atom. The minimum Gasteiger partial charge on any atom is -0.497 e. The van der Waals surface area contributed by atoms with Gasteiger partial charge >= 0.3 is 0 Å². The first kappa shape index (κ1) is 17.4. The maximum atomic E-state index is 9.67. The van der Waals surface area contributed by atoms with Crippen molar-refractivity contribution in [2.45, 2.75) is 12.5 Å². The van der Waals surface area contributed by atoms with E-state index in [4.69, 9.17) is 14.6 Å². The summed E-state index contributed by atoms with van der Waals surface area (Å²) in [5, 5.41) is 18.6. The Bertz CT molecular complexity index is 951. The molecule has 0 spiro atoms. The lowest BCUT2D eigenvalue weighted by atomic mass is 9.98. The van der Waals surface area contributed by atoms with Crippen LogP contribution in [0.4, 0.5) is 5.13 Å². The maximum Gasteiger partial charge on any atom is 0.223 e. The number of nitrogens with zero attached hydrogens (tertiary/aromatic N) is 3. The fourth-order valence-corrected chi connectivity index (χ4v) is 3.78. The Labute approximate surface area is 161 Å². The first-order valence-electron chi connectivity index (χ1n) is 8.47. The molecule has 138 valence electrons. The summed E-state index contributed by atoms with van der Waals surface area (Å²) in [7, 11) is 3.30. The third kappa shape index (κ3) is 3.46. The predicted octanol–water partition coefficient (Wildman–Crippen LogP) is 4.22. The Morgan fingerprint density at radius 3 is 2.19 bits per heavy atom. The summed E-state index contributed by atoms with van der Waals surface area (Å²) in [5.41, 5.74) is 3.11. The Balaban J connectivity index is 1.69. The molecule has 0 amide bonds. The lowest BCUT2D eigenvalue weighted by Gasteiger charge is -2.21. The highest BCUT2D eigenvalue weighted by Crippen LogP contribution is 2.39. The molecule has 0 saturated carbocycles. The highest BCUT2D eigenvalue weighted by atomic mass is 32.1. The number of hydrogen-bond donors (Lipinski definition) is 1. The van der Waals surface area contributed by atoms with Crippen LogP contribution < -0.4 is 14.5 Å². The number of thiazole rings is 1. The molecule has 0 radical (unpaired) electrons. The molecule has 2 aromatic carbocycles. The minimum absolute atomic E-state index is 0.00134. The number of hydrogen-bond acceptors (Lipinski definition) is 7. The maximum absolute atomic E-state index is 9.67. The van der Waals surface area contributed by atoms with E-state index in [0.29, 0.717) is 5.13 Å². The van der Waals surface area contributed by atoms with E-state index in [1.807, 2.05) is 53.5 Å². The van der Waals surface area contributed by atoms with Crippen LogP contribution in [-0.4, -0.2) is 30.0 Å². The van der Waals surface area contributed by atoms with Crippen molar-refractivity contribution in [1.82, 2.24) is 4.98 Å². The second-order valence-electron chi connectivity index (χ2n) is 6.10. The monoisotopic (exact) mass is 381 g/mol. The molecule has 0 bridgehead atoms. The zero-order valence-electron chi connectivity index (χ0n) is 15.0. The van der Waals surface area contributed by atoms with Crippen LogP contribution in [0.5, 0.6) is 17.4 Å². The standard InChI is InChI=1S/C20H19N3O3S/c1-25-15-7-3-13(4-8-15)17-11-18(14-5-9-16(26-2)10-6-14)23(22-17)20-21-19(24)12-27-20/h3-10,12,18,24H,11H2,1-2H3. The van der Waals surface area contributed by atoms with E-state index in [-0.39, 0.29) is 11.9 Å². The van der Waals surface area contributed by atoms with Crippen molar-refractivity contribution in [2.24, 2.45) is 5.10 Å². The number of hydrazone groups is 1. The fraction of sp³-hybridized carbons (Fsp3) is 0.200. The number of rotatable bonds is 5. The molecule has 6 nitrogen and oxygen atoms in total. The molecule has 27 heavy (non-hydrogen) atoms. The number of benzene rings is 2. The molecule has 4 rings (SSSR count). The largest absolute Gasteiger partial charge is 0.497 e. The van der Waals surface area contributed by atoms with Gasteiger partial charge in [-0.15, -0.1) is 0 Å². The molecule has 1 aromatic heterocycles. The average Bonchev–Trinajstić information content (AvgIpc) is 3.34. The van der Waals surface area contributed by atoms with Crippen LogP contribution in [0.3, 0.4) is 0 Å². The second-order valence-corrected chi connectivity index (χ2v) is 6.94. The van der Waals surface area contributed by atoms with Gasteiger partial charge in [-0.2, -0.15) is 10.1 Å². The van der Waals surface area contributed by atoms with Gasteiger partial charge < -0.3 is 14.6 Å². The molecule has 1 atom stereocenters. The lowest BCUT2D eigenvalue weighted by Crippen LogP contribution is -2.18. The summed E-state index contributed by atoms with van der Waals surface area (Å²) in [6.45, 7) is 0. The van der Waals surface area contributed by atoms with Crippen LogP contribution in [0, 0.1) is 0 Å². The third-order valence-electron chi connectivity index (χ3n) is 4.51. The van der Waals surface area contributed by atoms with Crippen molar-refractivity contribution in [3.05, 3.63) is 65.0 Å². The highest BCUT2D eigenvalue weighted by Gasteiger charge is 2.31. The van der Waals surface area contributed by atoms with Crippen LogP contribution in [0.15, 0.2) is 59.0 Å². The van der Waals surface area contributed by atoms with Gasteiger partial charge in [0.05, 0.1) is 31.4 Å². The summed E-state index contributed by atoms with van der Waals surface area (Å²) in [5.74, 6) is 1.63. The van der Waals surface area contributed by atoms with E-state index in [1.54, 1.807) is 19.6 Å². The number of aromatic nitrogens is 1. The summed E-state index contributed by atoms with van der Waals surface area (Å²) < 4.78 is 10.5. The van der Waals surface area contributed by atoms with Gasteiger partial charge in [-0.05, 0) is 47.5 Å². The van der Waals surface area contributed by atoms with Crippen LogP contribution >= 0.6 is 11.3 Å². The van der Waals surface area contributed by atoms with Crippen LogP contribution in [-0.2, 0) is 0 Å². The minimum atomic E-state index is -0.00134. The van der Waals surface area contributed by atoms with E-state index in [9.17, 15) is 5.11 Å². The number of anilines is 1.